The Balaban J connectivity index is 1.99. The van der Waals surface area contributed by atoms with Crippen molar-refractivity contribution in [2.24, 2.45) is 11.7 Å². The van der Waals surface area contributed by atoms with Gasteiger partial charge in [-0.1, -0.05) is 0 Å². The summed E-state index contributed by atoms with van der Waals surface area (Å²) in [6, 6.07) is 5.48. The number of carbonyl (C=O) groups excluding carboxylic acids is 1. The summed E-state index contributed by atoms with van der Waals surface area (Å²) < 4.78 is 6.45. The van der Waals surface area contributed by atoms with Crippen molar-refractivity contribution in [3.05, 3.63) is 27.3 Å². The van der Waals surface area contributed by atoms with Gasteiger partial charge in [0.15, 0.2) is 0 Å². The Morgan fingerprint density at radius 3 is 2.79 bits per heavy atom. The maximum Gasteiger partial charge on any atom is 0.241 e. The molecule has 1 saturated heterocycles. The van der Waals surface area contributed by atoms with E-state index >= 15 is 0 Å². The van der Waals surface area contributed by atoms with Crippen molar-refractivity contribution in [1.82, 2.24) is 0 Å². The molecular formula is C14H19IN2O2. The van der Waals surface area contributed by atoms with Gasteiger partial charge in [0, 0.05) is 22.5 Å². The normalized spacial score (nSPS) is 18.1. The molecule has 19 heavy (non-hydrogen) atoms. The Morgan fingerprint density at radius 2 is 2.16 bits per heavy atom. The first-order valence-electron chi connectivity index (χ1n) is 6.48. The van der Waals surface area contributed by atoms with E-state index in [0.29, 0.717) is 13.2 Å². The van der Waals surface area contributed by atoms with Gasteiger partial charge in [0.05, 0.1) is 6.04 Å². The summed E-state index contributed by atoms with van der Waals surface area (Å²) in [5.41, 5.74) is 7.95. The van der Waals surface area contributed by atoms with Crippen LogP contribution in [0.3, 0.4) is 0 Å². The molecule has 0 aliphatic carbocycles. The Hall–Kier alpha value is -0.660. The number of aryl methyl sites for hydroxylation is 1. The molecule has 1 atom stereocenters. The molecule has 2 rings (SSSR count). The van der Waals surface area contributed by atoms with Crippen LogP contribution in [0.5, 0.6) is 0 Å². The summed E-state index contributed by atoms with van der Waals surface area (Å²) in [7, 11) is 0. The molecule has 1 aliphatic rings. The average molecular weight is 374 g/mol. The van der Waals surface area contributed by atoms with E-state index in [1.807, 2.05) is 25.1 Å². The summed E-state index contributed by atoms with van der Waals surface area (Å²) >= 11 is 2.25. The van der Waals surface area contributed by atoms with Crippen molar-refractivity contribution in [3.8, 4) is 0 Å². The molecule has 0 spiro atoms. The van der Waals surface area contributed by atoms with Gasteiger partial charge < -0.3 is 15.8 Å². The molecule has 1 amide bonds. The lowest BCUT2D eigenvalue weighted by atomic mass is 9.92. The number of carbonyl (C=O) groups is 1. The number of halogens is 1. The second-order valence-electron chi connectivity index (χ2n) is 4.92. The summed E-state index contributed by atoms with van der Waals surface area (Å²) in [5.74, 6) is 0.120. The largest absolute Gasteiger partial charge is 0.381 e. The van der Waals surface area contributed by atoms with Gasteiger partial charge in [0.2, 0.25) is 5.91 Å². The third-order valence-corrected chi connectivity index (χ3v) is 4.19. The van der Waals surface area contributed by atoms with E-state index in [1.165, 1.54) is 0 Å². The van der Waals surface area contributed by atoms with Crippen LogP contribution in [0.25, 0.3) is 0 Å². The molecule has 4 nitrogen and oxygen atoms in total. The molecule has 3 N–H and O–H groups in total. The number of nitrogens with one attached hydrogen (secondary N) is 1. The van der Waals surface area contributed by atoms with Crippen LogP contribution in [0.15, 0.2) is 18.2 Å². The van der Waals surface area contributed by atoms with Crippen molar-refractivity contribution in [2.75, 3.05) is 18.5 Å². The quantitative estimate of drug-likeness (QED) is 0.799. The average Bonchev–Trinajstić information content (AvgIpc) is 2.42. The lowest BCUT2D eigenvalue weighted by Crippen LogP contribution is -2.44. The Kier molecular flexibility index (Phi) is 5.18. The number of nitrogens with two attached hydrogens (primary N) is 1. The summed E-state index contributed by atoms with van der Waals surface area (Å²) in [4.78, 5) is 12.2. The van der Waals surface area contributed by atoms with Crippen LogP contribution in [0.4, 0.5) is 5.69 Å². The van der Waals surface area contributed by atoms with Crippen molar-refractivity contribution in [2.45, 2.75) is 25.8 Å². The van der Waals surface area contributed by atoms with Crippen LogP contribution in [0.1, 0.15) is 18.4 Å². The highest BCUT2D eigenvalue weighted by atomic mass is 127. The summed E-state index contributed by atoms with van der Waals surface area (Å²) in [5, 5.41) is 2.93. The van der Waals surface area contributed by atoms with E-state index in [1.54, 1.807) is 0 Å². The summed E-state index contributed by atoms with van der Waals surface area (Å²) in [6.07, 6.45) is 1.72. The molecule has 1 unspecified atom stereocenters. The minimum Gasteiger partial charge on any atom is -0.381 e. The molecule has 1 fully saturated rings. The molecule has 0 aromatic heterocycles. The van der Waals surface area contributed by atoms with E-state index in [9.17, 15) is 4.79 Å². The van der Waals surface area contributed by atoms with E-state index in [4.69, 9.17) is 10.5 Å². The zero-order chi connectivity index (χ0) is 13.8. The van der Waals surface area contributed by atoms with Gasteiger partial charge in [-0.15, -0.1) is 0 Å². The summed E-state index contributed by atoms with van der Waals surface area (Å²) in [6.45, 7) is 3.39. The Bertz CT molecular complexity index is 459. The Labute approximate surface area is 127 Å². The molecule has 0 bridgehead atoms. The second-order valence-corrected chi connectivity index (χ2v) is 6.17. The predicted octanol–water partition coefficient (Wildman–Crippen LogP) is 2.29. The van der Waals surface area contributed by atoms with Crippen molar-refractivity contribution in [1.29, 1.82) is 0 Å². The predicted molar refractivity (Wildman–Crippen MR) is 84.0 cm³/mol. The first-order valence-corrected chi connectivity index (χ1v) is 7.56. The third kappa shape index (κ3) is 3.90. The van der Waals surface area contributed by atoms with E-state index in [2.05, 4.69) is 27.9 Å². The first-order chi connectivity index (χ1) is 9.08. The molecule has 104 valence electrons. The highest BCUT2D eigenvalue weighted by Gasteiger charge is 2.26. The molecule has 1 heterocycles. The minimum absolute atomic E-state index is 0.101. The number of amides is 1. The van der Waals surface area contributed by atoms with Crippen molar-refractivity contribution < 1.29 is 9.53 Å². The van der Waals surface area contributed by atoms with Crippen molar-refractivity contribution >= 4 is 34.2 Å². The molecule has 1 aromatic rings. The SMILES string of the molecule is Cc1cc(I)ccc1NC(=O)C(N)C1CCOCC1. The molecule has 1 aromatic carbocycles. The van der Waals surface area contributed by atoms with Gasteiger partial charge in [-0.3, -0.25) is 4.79 Å². The number of ether oxygens (including phenoxy) is 1. The smallest absolute Gasteiger partial charge is 0.241 e. The topological polar surface area (TPSA) is 64.4 Å². The zero-order valence-corrected chi connectivity index (χ0v) is 13.1. The number of anilines is 1. The number of rotatable bonds is 3. The molecule has 5 heteroatoms. The molecule has 0 saturated carbocycles. The van der Waals surface area contributed by atoms with Gasteiger partial charge in [0.25, 0.3) is 0 Å². The fraction of sp³-hybridized carbons (Fsp3) is 0.500. The monoisotopic (exact) mass is 374 g/mol. The minimum atomic E-state index is -0.456. The van der Waals surface area contributed by atoms with Crippen LogP contribution in [-0.4, -0.2) is 25.2 Å². The Morgan fingerprint density at radius 1 is 1.47 bits per heavy atom. The van der Waals surface area contributed by atoms with E-state index in [0.717, 1.165) is 27.7 Å². The molecular weight excluding hydrogens is 355 g/mol. The number of benzene rings is 1. The van der Waals surface area contributed by atoms with Gasteiger partial charge in [-0.25, -0.2) is 0 Å². The fourth-order valence-corrected chi connectivity index (χ4v) is 2.92. The van der Waals surface area contributed by atoms with Crippen LogP contribution < -0.4 is 11.1 Å². The third-order valence-electron chi connectivity index (χ3n) is 3.52. The van der Waals surface area contributed by atoms with E-state index < -0.39 is 6.04 Å². The van der Waals surface area contributed by atoms with Gasteiger partial charge >= 0.3 is 0 Å². The standard InChI is InChI=1S/C14H19IN2O2/c1-9-8-11(15)2-3-12(9)17-14(18)13(16)10-4-6-19-7-5-10/h2-3,8,10,13H,4-7,16H2,1H3,(H,17,18). The van der Waals surface area contributed by atoms with Crippen LogP contribution in [0, 0.1) is 16.4 Å². The number of hydrogen-bond donors (Lipinski definition) is 2. The van der Waals surface area contributed by atoms with Gasteiger partial charge in [0.1, 0.15) is 0 Å². The molecule has 0 radical (unpaired) electrons. The second kappa shape index (κ2) is 6.67. The first kappa shape index (κ1) is 14.7. The zero-order valence-electron chi connectivity index (χ0n) is 11.0. The van der Waals surface area contributed by atoms with Crippen LogP contribution >= 0.6 is 22.6 Å². The van der Waals surface area contributed by atoms with Crippen LogP contribution in [-0.2, 0) is 9.53 Å². The lowest BCUT2D eigenvalue weighted by Gasteiger charge is -2.26. The number of hydrogen-bond acceptors (Lipinski definition) is 3. The van der Waals surface area contributed by atoms with Gasteiger partial charge in [-0.05, 0) is 72.0 Å². The van der Waals surface area contributed by atoms with Crippen molar-refractivity contribution in [3.63, 3.8) is 0 Å². The maximum absolute atomic E-state index is 12.2. The van der Waals surface area contributed by atoms with Gasteiger partial charge in [-0.2, -0.15) is 0 Å². The lowest BCUT2D eigenvalue weighted by molar-refractivity contribution is -0.119. The van der Waals surface area contributed by atoms with Crippen LogP contribution in [0.2, 0.25) is 0 Å². The van der Waals surface area contributed by atoms with E-state index in [-0.39, 0.29) is 11.8 Å². The molecule has 1 aliphatic heterocycles. The highest BCUT2D eigenvalue weighted by Crippen LogP contribution is 2.21. The highest BCUT2D eigenvalue weighted by molar-refractivity contribution is 14.1. The fourth-order valence-electron chi connectivity index (χ4n) is 2.27. The maximum atomic E-state index is 12.2.